The molecule has 8 nitrogen and oxygen atoms in total. The molecular weight excluding hydrogens is 373 g/mol. The van der Waals surface area contributed by atoms with Crippen molar-refractivity contribution in [2.45, 2.75) is 20.0 Å². The molecule has 0 unspecified atom stereocenters. The van der Waals surface area contributed by atoms with Crippen LogP contribution in [0.4, 0.5) is 5.82 Å². The number of aromatic nitrogens is 5. The molecule has 0 bridgehead atoms. The van der Waals surface area contributed by atoms with Gasteiger partial charge in [0.1, 0.15) is 31.5 Å². The monoisotopic (exact) mass is 393 g/mol. The Morgan fingerprint density at radius 2 is 2.21 bits per heavy atom. The summed E-state index contributed by atoms with van der Waals surface area (Å²) in [5.41, 5.74) is 2.39. The predicted octanol–water partition coefficient (Wildman–Crippen LogP) is 0.940. The van der Waals surface area contributed by atoms with Crippen molar-refractivity contribution in [2.75, 3.05) is 23.7 Å². The molecule has 5 heterocycles. The average molecular weight is 393 g/mol. The van der Waals surface area contributed by atoms with Crippen molar-refractivity contribution in [3.63, 3.8) is 0 Å². The van der Waals surface area contributed by atoms with Crippen LogP contribution in [0.25, 0.3) is 11.0 Å². The maximum Gasteiger partial charge on any atom is 0.262 e. The standard InChI is InChI=1S/C18H18BN7OS.H2/c1-11-6-20-16-15(11)17(22-10-21-16)25-4-5-28-12(7-25)18(27)26-3-2-24-8-13(19)23-14(24)9-26;/h6-8,10H,2-5,9H2,1H3,(H,20,21,22);1H. The first-order valence-electron chi connectivity index (χ1n) is 9.11. The predicted molar refractivity (Wildman–Crippen MR) is 112 cm³/mol. The number of rotatable bonds is 2. The summed E-state index contributed by atoms with van der Waals surface area (Å²) >= 11 is 1.59. The van der Waals surface area contributed by atoms with Crippen LogP contribution in [0.2, 0.25) is 0 Å². The van der Waals surface area contributed by atoms with Crippen LogP contribution < -0.4 is 10.5 Å². The molecule has 1 N–H and O–H groups in total. The van der Waals surface area contributed by atoms with Gasteiger partial charge in [-0.3, -0.25) is 4.79 Å². The highest BCUT2D eigenvalue weighted by atomic mass is 32.2. The van der Waals surface area contributed by atoms with Gasteiger partial charge >= 0.3 is 0 Å². The molecule has 3 aromatic rings. The molecule has 1 amide bonds. The molecule has 2 aliphatic heterocycles. The third kappa shape index (κ3) is 2.88. The molecule has 2 radical (unpaired) electrons. The minimum atomic E-state index is 0. The van der Waals surface area contributed by atoms with Crippen LogP contribution in [-0.2, 0) is 17.9 Å². The summed E-state index contributed by atoms with van der Waals surface area (Å²) in [6, 6.07) is 0. The van der Waals surface area contributed by atoms with Gasteiger partial charge in [-0.05, 0) is 12.5 Å². The molecule has 5 rings (SSSR count). The van der Waals surface area contributed by atoms with Gasteiger partial charge in [-0.2, -0.15) is 0 Å². The van der Waals surface area contributed by atoms with Crippen molar-refractivity contribution in [2.24, 2.45) is 0 Å². The summed E-state index contributed by atoms with van der Waals surface area (Å²) in [5.74, 6) is 2.51. The number of fused-ring (bicyclic) bond motifs is 2. The summed E-state index contributed by atoms with van der Waals surface area (Å²) in [4.78, 5) is 34.0. The lowest BCUT2D eigenvalue weighted by molar-refractivity contribution is -0.127. The van der Waals surface area contributed by atoms with Crippen molar-refractivity contribution in [1.29, 1.82) is 0 Å². The second-order valence-corrected chi connectivity index (χ2v) is 8.07. The minimum absolute atomic E-state index is 0. The highest BCUT2D eigenvalue weighted by Crippen LogP contribution is 2.31. The fraction of sp³-hybridized carbons (Fsp3) is 0.333. The second-order valence-electron chi connectivity index (χ2n) is 6.93. The topological polar surface area (TPSA) is 82.9 Å². The van der Waals surface area contributed by atoms with Gasteiger partial charge in [0.25, 0.3) is 5.91 Å². The molecule has 3 aromatic heterocycles. The zero-order valence-corrected chi connectivity index (χ0v) is 16.2. The number of amides is 1. The number of anilines is 1. The average Bonchev–Trinajstić information content (AvgIpc) is 3.28. The van der Waals surface area contributed by atoms with Gasteiger partial charge in [-0.25, -0.2) is 15.0 Å². The highest BCUT2D eigenvalue weighted by molar-refractivity contribution is 8.04. The van der Waals surface area contributed by atoms with Gasteiger partial charge in [-0.1, -0.05) is 0 Å². The van der Waals surface area contributed by atoms with E-state index in [1.165, 1.54) is 0 Å². The van der Waals surface area contributed by atoms with Crippen LogP contribution in [0.1, 0.15) is 12.8 Å². The fourth-order valence-corrected chi connectivity index (χ4v) is 4.66. The number of thioether (sulfide) groups is 1. The maximum atomic E-state index is 13.1. The number of carbonyl (C=O) groups is 1. The van der Waals surface area contributed by atoms with E-state index in [1.807, 2.05) is 35.0 Å². The quantitative estimate of drug-likeness (QED) is 0.653. The number of H-pyrrole nitrogens is 1. The second kappa shape index (κ2) is 6.70. The lowest BCUT2D eigenvalue weighted by Crippen LogP contribution is -2.40. The van der Waals surface area contributed by atoms with Gasteiger partial charge in [0, 0.05) is 51.0 Å². The Morgan fingerprint density at radius 1 is 1.32 bits per heavy atom. The Morgan fingerprint density at radius 3 is 3.11 bits per heavy atom. The third-order valence-electron chi connectivity index (χ3n) is 5.10. The molecule has 0 fully saturated rings. The Labute approximate surface area is 168 Å². The van der Waals surface area contributed by atoms with Crippen molar-refractivity contribution in [3.8, 4) is 0 Å². The first-order chi connectivity index (χ1) is 13.6. The first kappa shape index (κ1) is 17.4. The molecule has 2 aliphatic rings. The molecule has 0 saturated heterocycles. The molecule has 0 aliphatic carbocycles. The van der Waals surface area contributed by atoms with Crippen LogP contribution in [-0.4, -0.2) is 62.0 Å². The molecular formula is C18H20BN7OS. The summed E-state index contributed by atoms with van der Waals surface area (Å²) in [5, 5.41) is 0.993. The summed E-state index contributed by atoms with van der Waals surface area (Å²) in [7, 11) is 5.78. The molecule has 0 atom stereocenters. The Kier molecular flexibility index (Phi) is 4.15. The SMILES string of the molecule is [B]c1cn2c(n1)CN(C(=O)C1=CN(c3ncnc4[nH]cc(C)c34)CCS1)CC2.[HH]. The maximum absolute atomic E-state index is 13.1. The zero-order valence-electron chi connectivity index (χ0n) is 15.4. The zero-order chi connectivity index (χ0) is 19.3. The largest absolute Gasteiger partial charge is 0.346 e. The van der Waals surface area contributed by atoms with E-state index in [0.717, 1.165) is 45.4 Å². The number of aryl methyl sites for hydroxylation is 1. The summed E-state index contributed by atoms with van der Waals surface area (Å²) < 4.78 is 2.01. The Hall–Kier alpha value is -2.75. The third-order valence-corrected chi connectivity index (χ3v) is 6.08. The lowest BCUT2D eigenvalue weighted by atomic mass is 10.1. The number of nitrogens with one attached hydrogen (secondary N) is 1. The molecule has 0 aromatic carbocycles. The number of hydrogen-bond donors (Lipinski definition) is 1. The molecule has 10 heteroatoms. The number of aromatic amines is 1. The van der Waals surface area contributed by atoms with Crippen LogP contribution in [0, 0.1) is 6.92 Å². The van der Waals surface area contributed by atoms with Crippen molar-refractivity contribution >= 4 is 48.0 Å². The van der Waals surface area contributed by atoms with Crippen molar-refractivity contribution < 1.29 is 6.22 Å². The first-order valence-corrected chi connectivity index (χ1v) is 10.1. The van der Waals surface area contributed by atoms with Crippen molar-refractivity contribution in [1.82, 2.24) is 29.4 Å². The molecule has 0 spiro atoms. The van der Waals surface area contributed by atoms with Gasteiger partial charge < -0.3 is 19.4 Å². The van der Waals surface area contributed by atoms with E-state index in [0.29, 0.717) is 25.2 Å². The molecule has 142 valence electrons. The van der Waals surface area contributed by atoms with E-state index in [2.05, 4.69) is 24.8 Å². The van der Waals surface area contributed by atoms with Gasteiger partial charge in [0.05, 0.1) is 16.8 Å². The van der Waals surface area contributed by atoms with E-state index in [-0.39, 0.29) is 7.33 Å². The fourth-order valence-electron chi connectivity index (χ4n) is 3.70. The van der Waals surface area contributed by atoms with Gasteiger partial charge in [-0.15, -0.1) is 11.8 Å². The summed E-state index contributed by atoms with van der Waals surface area (Å²) in [6.07, 6.45) is 7.23. The molecule has 0 saturated carbocycles. The molecule has 28 heavy (non-hydrogen) atoms. The summed E-state index contributed by atoms with van der Waals surface area (Å²) in [6.45, 7) is 4.65. The van der Waals surface area contributed by atoms with Gasteiger partial charge in [0.15, 0.2) is 0 Å². The number of hydrogen-bond acceptors (Lipinski definition) is 6. The van der Waals surface area contributed by atoms with Crippen LogP contribution >= 0.6 is 11.8 Å². The normalized spacial score (nSPS) is 17.0. The van der Waals surface area contributed by atoms with E-state index in [9.17, 15) is 4.79 Å². The lowest BCUT2D eigenvalue weighted by Gasteiger charge is -2.31. The van der Waals surface area contributed by atoms with E-state index in [1.54, 1.807) is 18.1 Å². The van der Waals surface area contributed by atoms with Crippen LogP contribution in [0.15, 0.2) is 29.8 Å². The van der Waals surface area contributed by atoms with E-state index >= 15 is 0 Å². The minimum Gasteiger partial charge on any atom is -0.346 e. The van der Waals surface area contributed by atoms with Crippen LogP contribution in [0.3, 0.4) is 0 Å². The van der Waals surface area contributed by atoms with Crippen molar-refractivity contribution in [3.05, 3.63) is 41.2 Å². The smallest absolute Gasteiger partial charge is 0.262 e. The van der Waals surface area contributed by atoms with Gasteiger partial charge in [0.2, 0.25) is 0 Å². The number of carbonyl (C=O) groups excluding carboxylic acids is 1. The van der Waals surface area contributed by atoms with Crippen LogP contribution in [0.5, 0.6) is 0 Å². The number of imidazole rings is 1. The Balaban J connectivity index is 0.00000205. The Bertz CT molecular complexity index is 1110. The van der Waals surface area contributed by atoms with E-state index in [4.69, 9.17) is 7.85 Å². The highest BCUT2D eigenvalue weighted by Gasteiger charge is 2.27. The number of nitrogens with zero attached hydrogens (tertiary/aromatic N) is 6. The van der Waals surface area contributed by atoms with E-state index < -0.39 is 0 Å².